The maximum Gasteiger partial charge on any atom is 0.288 e. The molecule has 0 amide bonds. The van der Waals surface area contributed by atoms with E-state index in [9.17, 15) is 8.78 Å². The first-order valence-corrected chi connectivity index (χ1v) is 4.25. The Hall–Kier alpha value is -0.610. The van der Waals surface area contributed by atoms with Crippen LogP contribution < -0.4 is 0 Å². The number of hydrogen-bond acceptors (Lipinski definition) is 2. The second-order valence-electron chi connectivity index (χ2n) is 2.18. The standard InChI is InChI=1S/C8H8F2OS/c9-8(10)12-7-3-1-6(5-11)2-4-7/h1-4,8,11H,5H2. The van der Waals surface area contributed by atoms with Gasteiger partial charge in [-0.3, -0.25) is 0 Å². The Morgan fingerprint density at radius 2 is 1.83 bits per heavy atom. The minimum Gasteiger partial charge on any atom is -0.392 e. The maximum atomic E-state index is 11.8. The number of hydrogen-bond donors (Lipinski definition) is 1. The molecular formula is C8H8F2OS. The van der Waals surface area contributed by atoms with E-state index in [1.54, 1.807) is 24.3 Å². The van der Waals surface area contributed by atoms with Gasteiger partial charge in [-0.2, -0.15) is 8.78 Å². The quantitative estimate of drug-likeness (QED) is 0.739. The van der Waals surface area contributed by atoms with E-state index in [0.717, 1.165) is 5.56 Å². The molecule has 1 nitrogen and oxygen atoms in total. The Labute approximate surface area is 73.4 Å². The minimum atomic E-state index is -2.38. The summed E-state index contributed by atoms with van der Waals surface area (Å²) < 4.78 is 23.6. The molecule has 0 unspecified atom stereocenters. The number of aliphatic hydroxyl groups is 1. The van der Waals surface area contributed by atoms with Gasteiger partial charge in [0.25, 0.3) is 5.76 Å². The van der Waals surface area contributed by atoms with E-state index in [1.165, 1.54) is 0 Å². The molecule has 1 rings (SSSR count). The van der Waals surface area contributed by atoms with Gasteiger partial charge in [0.05, 0.1) is 6.61 Å². The van der Waals surface area contributed by atoms with Crippen LogP contribution in [0.4, 0.5) is 8.78 Å². The smallest absolute Gasteiger partial charge is 0.288 e. The monoisotopic (exact) mass is 190 g/mol. The summed E-state index contributed by atoms with van der Waals surface area (Å²) in [6.07, 6.45) is 0. The Kier molecular flexibility index (Phi) is 3.49. The zero-order valence-corrected chi connectivity index (χ0v) is 7.02. The molecule has 1 N–H and O–H groups in total. The van der Waals surface area contributed by atoms with Crippen LogP contribution >= 0.6 is 11.8 Å². The SMILES string of the molecule is OCc1ccc(SC(F)F)cc1. The molecule has 0 aliphatic carbocycles. The second-order valence-corrected chi connectivity index (χ2v) is 3.24. The molecular weight excluding hydrogens is 182 g/mol. The van der Waals surface area contributed by atoms with Gasteiger partial charge in [-0.15, -0.1) is 0 Å². The number of thioether (sulfide) groups is 1. The van der Waals surface area contributed by atoms with Gasteiger partial charge in [0.2, 0.25) is 0 Å². The number of benzene rings is 1. The van der Waals surface area contributed by atoms with Crippen molar-refractivity contribution in [1.29, 1.82) is 0 Å². The van der Waals surface area contributed by atoms with Crippen LogP contribution in [0.25, 0.3) is 0 Å². The summed E-state index contributed by atoms with van der Waals surface area (Å²) in [4.78, 5) is 0.516. The maximum absolute atomic E-state index is 11.8. The molecule has 0 bridgehead atoms. The lowest BCUT2D eigenvalue weighted by atomic mass is 10.2. The Bertz CT molecular complexity index is 235. The van der Waals surface area contributed by atoms with E-state index in [1.807, 2.05) is 0 Å². The molecule has 0 spiro atoms. The third-order valence-corrected chi connectivity index (χ3v) is 2.05. The van der Waals surface area contributed by atoms with Crippen molar-refractivity contribution >= 4 is 11.8 Å². The summed E-state index contributed by atoms with van der Waals surface area (Å²) in [5.41, 5.74) is 0.730. The van der Waals surface area contributed by atoms with Crippen molar-refractivity contribution in [3.05, 3.63) is 29.8 Å². The molecule has 0 saturated heterocycles. The van der Waals surface area contributed by atoms with Gasteiger partial charge in [0.15, 0.2) is 0 Å². The molecule has 12 heavy (non-hydrogen) atoms. The van der Waals surface area contributed by atoms with Gasteiger partial charge in [-0.1, -0.05) is 23.9 Å². The molecule has 0 aliphatic heterocycles. The van der Waals surface area contributed by atoms with Crippen LogP contribution in [0.1, 0.15) is 5.56 Å². The van der Waals surface area contributed by atoms with Crippen LogP contribution in [0, 0.1) is 0 Å². The average Bonchev–Trinajstić information content (AvgIpc) is 2.05. The van der Waals surface area contributed by atoms with Crippen molar-refractivity contribution < 1.29 is 13.9 Å². The van der Waals surface area contributed by atoms with Crippen LogP contribution in [0.3, 0.4) is 0 Å². The first-order chi connectivity index (χ1) is 5.72. The van der Waals surface area contributed by atoms with Crippen molar-refractivity contribution in [2.75, 3.05) is 0 Å². The number of halogens is 2. The fourth-order valence-electron chi connectivity index (χ4n) is 0.776. The van der Waals surface area contributed by atoms with Crippen LogP contribution in [-0.2, 0) is 6.61 Å². The van der Waals surface area contributed by atoms with Crippen molar-refractivity contribution in [3.63, 3.8) is 0 Å². The summed E-state index contributed by atoms with van der Waals surface area (Å²) >= 11 is 0.503. The lowest BCUT2D eigenvalue weighted by Gasteiger charge is -2.00. The lowest BCUT2D eigenvalue weighted by molar-refractivity contribution is 0.252. The fraction of sp³-hybridized carbons (Fsp3) is 0.250. The highest BCUT2D eigenvalue weighted by Gasteiger charge is 2.03. The second kappa shape index (κ2) is 4.42. The zero-order valence-electron chi connectivity index (χ0n) is 6.21. The third-order valence-electron chi connectivity index (χ3n) is 1.33. The molecule has 0 heterocycles. The minimum absolute atomic E-state index is 0.0559. The first-order valence-electron chi connectivity index (χ1n) is 3.37. The fourth-order valence-corrected chi connectivity index (χ4v) is 1.28. The van der Waals surface area contributed by atoms with Crippen molar-refractivity contribution in [1.82, 2.24) is 0 Å². The van der Waals surface area contributed by atoms with Crippen molar-refractivity contribution in [2.24, 2.45) is 0 Å². The van der Waals surface area contributed by atoms with E-state index >= 15 is 0 Å². The summed E-state index contributed by atoms with van der Waals surface area (Å²) in [6, 6.07) is 6.40. The molecule has 0 fully saturated rings. The Balaban J connectivity index is 2.65. The third kappa shape index (κ3) is 2.79. The summed E-state index contributed by atoms with van der Waals surface area (Å²) in [5.74, 6) is -2.38. The van der Waals surface area contributed by atoms with E-state index in [-0.39, 0.29) is 6.61 Å². The molecule has 0 aliphatic rings. The number of alkyl halides is 2. The van der Waals surface area contributed by atoms with E-state index in [0.29, 0.717) is 16.7 Å². The lowest BCUT2D eigenvalue weighted by Crippen LogP contribution is -1.84. The molecule has 0 radical (unpaired) electrons. The Morgan fingerprint density at radius 3 is 2.25 bits per heavy atom. The molecule has 1 aromatic carbocycles. The highest BCUT2D eigenvalue weighted by atomic mass is 32.2. The number of aliphatic hydroxyl groups excluding tert-OH is 1. The summed E-state index contributed by atoms with van der Waals surface area (Å²) in [6.45, 7) is -0.0559. The van der Waals surface area contributed by atoms with E-state index in [4.69, 9.17) is 5.11 Å². The van der Waals surface area contributed by atoms with E-state index in [2.05, 4.69) is 0 Å². The Morgan fingerprint density at radius 1 is 1.25 bits per heavy atom. The van der Waals surface area contributed by atoms with Gasteiger partial charge in [0.1, 0.15) is 0 Å². The van der Waals surface area contributed by atoms with Crippen LogP contribution in [0.5, 0.6) is 0 Å². The van der Waals surface area contributed by atoms with Gasteiger partial charge in [-0.25, -0.2) is 0 Å². The van der Waals surface area contributed by atoms with Crippen molar-refractivity contribution in [2.45, 2.75) is 17.3 Å². The van der Waals surface area contributed by atoms with Crippen LogP contribution in [-0.4, -0.2) is 10.9 Å². The topological polar surface area (TPSA) is 20.2 Å². The largest absolute Gasteiger partial charge is 0.392 e. The highest BCUT2D eigenvalue weighted by molar-refractivity contribution is 7.99. The molecule has 4 heteroatoms. The first kappa shape index (κ1) is 9.48. The molecule has 0 atom stereocenters. The van der Waals surface area contributed by atoms with Gasteiger partial charge >= 0.3 is 0 Å². The van der Waals surface area contributed by atoms with Gasteiger partial charge in [-0.05, 0) is 17.7 Å². The van der Waals surface area contributed by atoms with Crippen molar-refractivity contribution in [3.8, 4) is 0 Å². The van der Waals surface area contributed by atoms with Crippen LogP contribution in [0.15, 0.2) is 29.2 Å². The van der Waals surface area contributed by atoms with Gasteiger partial charge < -0.3 is 5.11 Å². The molecule has 1 aromatic rings. The molecule has 0 saturated carbocycles. The number of rotatable bonds is 3. The average molecular weight is 190 g/mol. The van der Waals surface area contributed by atoms with Crippen LogP contribution in [0.2, 0.25) is 0 Å². The predicted molar refractivity (Wildman–Crippen MR) is 44.2 cm³/mol. The zero-order chi connectivity index (χ0) is 8.97. The summed E-state index contributed by atoms with van der Waals surface area (Å²) in [5, 5.41) is 8.66. The molecule has 66 valence electrons. The summed E-state index contributed by atoms with van der Waals surface area (Å²) in [7, 11) is 0. The normalized spacial score (nSPS) is 10.7. The molecule has 0 aromatic heterocycles. The predicted octanol–water partition coefficient (Wildman–Crippen LogP) is 2.49. The highest BCUT2D eigenvalue weighted by Crippen LogP contribution is 2.24. The van der Waals surface area contributed by atoms with Gasteiger partial charge in [0, 0.05) is 4.90 Å². The van der Waals surface area contributed by atoms with E-state index < -0.39 is 5.76 Å².